The van der Waals surface area contributed by atoms with E-state index in [0.29, 0.717) is 17.0 Å². The summed E-state index contributed by atoms with van der Waals surface area (Å²) in [6.07, 6.45) is 0. The molecule has 0 saturated heterocycles. The molecule has 1 heterocycles. The number of nitrogens with two attached hydrogens (primary N) is 1. The van der Waals surface area contributed by atoms with Crippen molar-refractivity contribution >= 4 is 32.9 Å². The minimum Gasteiger partial charge on any atom is -0.369 e. The molecule has 5 heteroatoms. The number of aromatic nitrogens is 2. The summed E-state index contributed by atoms with van der Waals surface area (Å²) < 4.78 is 16.1. The summed E-state index contributed by atoms with van der Waals surface area (Å²) in [5.41, 5.74) is 9.24. The van der Waals surface area contributed by atoms with Gasteiger partial charge in [-0.3, -0.25) is 4.57 Å². The first kappa shape index (κ1) is 12.2. The highest BCUT2D eigenvalue weighted by Gasteiger charge is 2.13. The van der Waals surface area contributed by atoms with E-state index in [1.807, 2.05) is 25.1 Å². The molecule has 0 saturated carbocycles. The average Bonchev–Trinajstić information content (AvgIpc) is 2.68. The van der Waals surface area contributed by atoms with Gasteiger partial charge in [0.05, 0.1) is 16.7 Å². The molecule has 0 aliphatic rings. The summed E-state index contributed by atoms with van der Waals surface area (Å²) in [6.45, 7) is 1.99. The number of hydrogen-bond acceptors (Lipinski definition) is 2. The predicted molar refractivity (Wildman–Crippen MR) is 77.9 cm³/mol. The maximum Gasteiger partial charge on any atom is 0.205 e. The van der Waals surface area contributed by atoms with Gasteiger partial charge in [-0.05, 0) is 52.7 Å². The van der Waals surface area contributed by atoms with Crippen molar-refractivity contribution in [3.05, 3.63) is 52.3 Å². The van der Waals surface area contributed by atoms with E-state index in [9.17, 15) is 4.39 Å². The third-order valence-electron chi connectivity index (χ3n) is 2.99. The molecular formula is C14H11BrFN3. The highest BCUT2D eigenvalue weighted by atomic mass is 79.9. The Kier molecular flexibility index (Phi) is 2.78. The van der Waals surface area contributed by atoms with E-state index < -0.39 is 0 Å². The molecule has 0 fully saturated rings. The van der Waals surface area contributed by atoms with Crippen LogP contribution in [0, 0.1) is 12.7 Å². The number of benzene rings is 2. The van der Waals surface area contributed by atoms with Gasteiger partial charge in [0.15, 0.2) is 0 Å². The second-order valence-electron chi connectivity index (χ2n) is 4.39. The van der Waals surface area contributed by atoms with E-state index in [1.165, 1.54) is 12.1 Å². The second-order valence-corrected chi connectivity index (χ2v) is 5.25. The molecule has 0 amide bonds. The summed E-state index contributed by atoms with van der Waals surface area (Å²) in [5, 5.41) is 0. The van der Waals surface area contributed by atoms with Crippen LogP contribution in [0.4, 0.5) is 10.3 Å². The first-order chi connectivity index (χ1) is 9.06. The summed E-state index contributed by atoms with van der Waals surface area (Å²) in [4.78, 5) is 4.25. The van der Waals surface area contributed by atoms with Gasteiger partial charge in [0.1, 0.15) is 5.82 Å². The predicted octanol–water partition coefficient (Wildman–Crippen LogP) is 3.82. The van der Waals surface area contributed by atoms with Gasteiger partial charge >= 0.3 is 0 Å². The normalized spacial score (nSPS) is 11.1. The number of aryl methyl sites for hydroxylation is 1. The first-order valence-electron chi connectivity index (χ1n) is 5.76. The fourth-order valence-electron chi connectivity index (χ4n) is 2.11. The first-order valence-corrected chi connectivity index (χ1v) is 6.55. The molecule has 3 nitrogen and oxygen atoms in total. The van der Waals surface area contributed by atoms with Crippen molar-refractivity contribution in [2.45, 2.75) is 6.92 Å². The molecule has 96 valence electrons. The number of nitrogens with zero attached hydrogens (tertiary/aromatic N) is 2. The lowest BCUT2D eigenvalue weighted by atomic mass is 10.2. The van der Waals surface area contributed by atoms with Gasteiger partial charge in [-0.25, -0.2) is 9.37 Å². The van der Waals surface area contributed by atoms with E-state index in [1.54, 1.807) is 10.6 Å². The Bertz CT molecular complexity index is 780. The van der Waals surface area contributed by atoms with Gasteiger partial charge in [-0.15, -0.1) is 0 Å². The highest BCUT2D eigenvalue weighted by molar-refractivity contribution is 9.10. The summed E-state index contributed by atoms with van der Waals surface area (Å²) in [5.74, 6) is 0.0318. The minimum atomic E-state index is -0.308. The monoisotopic (exact) mass is 319 g/mol. The van der Waals surface area contributed by atoms with Crippen LogP contribution in [-0.2, 0) is 0 Å². The fourth-order valence-corrected chi connectivity index (χ4v) is 2.54. The van der Waals surface area contributed by atoms with Crippen LogP contribution >= 0.6 is 15.9 Å². The largest absolute Gasteiger partial charge is 0.369 e. The van der Waals surface area contributed by atoms with Crippen LogP contribution in [0.25, 0.3) is 16.7 Å². The van der Waals surface area contributed by atoms with Crippen LogP contribution in [-0.4, -0.2) is 9.55 Å². The van der Waals surface area contributed by atoms with E-state index in [2.05, 4.69) is 20.9 Å². The second kappa shape index (κ2) is 4.35. The van der Waals surface area contributed by atoms with Gasteiger partial charge in [-0.1, -0.05) is 6.07 Å². The lowest BCUT2D eigenvalue weighted by Gasteiger charge is -2.10. The van der Waals surface area contributed by atoms with Gasteiger partial charge in [0.2, 0.25) is 5.95 Å². The van der Waals surface area contributed by atoms with Crippen LogP contribution < -0.4 is 5.73 Å². The lowest BCUT2D eigenvalue weighted by Crippen LogP contribution is -2.01. The van der Waals surface area contributed by atoms with E-state index in [4.69, 9.17) is 5.73 Å². The maximum atomic E-state index is 13.4. The third-order valence-corrected chi connectivity index (χ3v) is 3.66. The molecule has 0 unspecified atom stereocenters. The smallest absolute Gasteiger partial charge is 0.205 e. The Morgan fingerprint density at radius 3 is 2.79 bits per heavy atom. The number of imidazole rings is 1. The van der Waals surface area contributed by atoms with Gasteiger partial charge in [0, 0.05) is 10.5 Å². The molecular weight excluding hydrogens is 309 g/mol. The van der Waals surface area contributed by atoms with Crippen LogP contribution in [0.1, 0.15) is 5.56 Å². The van der Waals surface area contributed by atoms with Crippen LogP contribution in [0.2, 0.25) is 0 Å². The quantitative estimate of drug-likeness (QED) is 0.741. The molecule has 0 atom stereocenters. The Morgan fingerprint density at radius 2 is 2.00 bits per heavy atom. The van der Waals surface area contributed by atoms with Crippen LogP contribution in [0.5, 0.6) is 0 Å². The zero-order valence-corrected chi connectivity index (χ0v) is 11.8. The van der Waals surface area contributed by atoms with Gasteiger partial charge in [0.25, 0.3) is 0 Å². The summed E-state index contributed by atoms with van der Waals surface area (Å²) >= 11 is 3.49. The maximum absolute atomic E-state index is 13.4. The van der Waals surface area contributed by atoms with Crippen molar-refractivity contribution in [1.82, 2.24) is 9.55 Å². The van der Waals surface area contributed by atoms with Gasteiger partial charge < -0.3 is 5.73 Å². The highest BCUT2D eigenvalue weighted by Crippen LogP contribution is 2.29. The number of rotatable bonds is 1. The van der Waals surface area contributed by atoms with Crippen molar-refractivity contribution in [3.8, 4) is 5.69 Å². The molecule has 2 N–H and O–H groups in total. The van der Waals surface area contributed by atoms with Crippen LogP contribution in [0.3, 0.4) is 0 Å². The van der Waals surface area contributed by atoms with E-state index >= 15 is 0 Å². The third kappa shape index (κ3) is 2.00. The molecule has 0 aliphatic heterocycles. The van der Waals surface area contributed by atoms with Crippen LogP contribution in [0.15, 0.2) is 40.9 Å². The average molecular weight is 320 g/mol. The molecule has 0 radical (unpaired) electrons. The van der Waals surface area contributed by atoms with E-state index in [0.717, 1.165) is 15.7 Å². The number of fused-ring (bicyclic) bond motifs is 1. The molecule has 19 heavy (non-hydrogen) atoms. The van der Waals surface area contributed by atoms with E-state index in [-0.39, 0.29) is 5.82 Å². The molecule has 0 aliphatic carbocycles. The van der Waals surface area contributed by atoms with Crippen molar-refractivity contribution in [1.29, 1.82) is 0 Å². The van der Waals surface area contributed by atoms with Gasteiger partial charge in [-0.2, -0.15) is 0 Å². The molecule has 0 spiro atoms. The minimum absolute atomic E-state index is 0.308. The molecule has 1 aromatic heterocycles. The summed E-state index contributed by atoms with van der Waals surface area (Å²) in [6, 6.07) is 10.4. The Hall–Kier alpha value is -1.88. The lowest BCUT2D eigenvalue weighted by molar-refractivity contribution is 0.629. The van der Waals surface area contributed by atoms with Crippen molar-refractivity contribution in [2.24, 2.45) is 0 Å². The summed E-state index contributed by atoms with van der Waals surface area (Å²) in [7, 11) is 0. The molecule has 2 aromatic carbocycles. The Morgan fingerprint density at radius 1 is 1.21 bits per heavy atom. The Balaban J connectivity index is 2.38. The topological polar surface area (TPSA) is 43.8 Å². The fraction of sp³-hybridized carbons (Fsp3) is 0.0714. The molecule has 3 aromatic rings. The number of nitrogen functional groups attached to an aromatic ring is 1. The zero-order chi connectivity index (χ0) is 13.6. The van der Waals surface area contributed by atoms with Crippen molar-refractivity contribution in [3.63, 3.8) is 0 Å². The standard InChI is InChI=1S/C14H11BrFN3/c1-8-2-4-10(15)12(6-8)19-13-7-9(16)3-5-11(13)18-14(19)17/h2-7H,1H3,(H2,17,18). The van der Waals surface area contributed by atoms with Crippen molar-refractivity contribution < 1.29 is 4.39 Å². The number of anilines is 1. The SMILES string of the molecule is Cc1ccc(Br)c(-n2c(N)nc3ccc(F)cc32)c1. The molecule has 0 bridgehead atoms. The zero-order valence-electron chi connectivity index (χ0n) is 10.2. The Labute approximate surface area is 118 Å². The molecule has 3 rings (SSSR count). The number of hydrogen-bond donors (Lipinski definition) is 1. The van der Waals surface area contributed by atoms with Crippen molar-refractivity contribution in [2.75, 3.05) is 5.73 Å². The number of halogens is 2.